The van der Waals surface area contributed by atoms with Crippen molar-refractivity contribution in [2.75, 3.05) is 5.32 Å². The van der Waals surface area contributed by atoms with Crippen molar-refractivity contribution in [3.63, 3.8) is 0 Å². The molecule has 0 heterocycles. The van der Waals surface area contributed by atoms with Crippen molar-refractivity contribution in [3.8, 4) is 0 Å². The Bertz CT molecular complexity index is 536. The first kappa shape index (κ1) is 15.8. The maximum Gasteiger partial charge on any atom is 0.340 e. The molecule has 0 unspecified atom stereocenters. The normalized spacial score (nSPS) is 21.0. The zero-order chi connectivity index (χ0) is 15.8. The number of halogens is 1. The van der Waals surface area contributed by atoms with Gasteiger partial charge in [-0.05, 0) is 42.2 Å². The maximum atomic E-state index is 13.7. The number of nitrogens with one attached hydrogen (secondary N) is 1. The minimum absolute atomic E-state index is 0.156. The van der Waals surface area contributed by atoms with Gasteiger partial charge in [0.15, 0.2) is 0 Å². The molecule has 21 heavy (non-hydrogen) atoms. The van der Waals surface area contributed by atoms with Crippen LogP contribution in [0.25, 0.3) is 0 Å². The van der Waals surface area contributed by atoms with Crippen molar-refractivity contribution < 1.29 is 14.3 Å². The van der Waals surface area contributed by atoms with E-state index < -0.39 is 11.8 Å². The lowest BCUT2D eigenvalue weighted by Crippen LogP contribution is -2.40. The molecule has 0 atom stereocenters. The van der Waals surface area contributed by atoms with E-state index in [-0.39, 0.29) is 22.4 Å². The number of carboxylic acid groups (broad SMARTS) is 1. The molecular formula is C17H24FNO2. The minimum atomic E-state index is -1.23. The first-order chi connectivity index (χ1) is 9.60. The summed E-state index contributed by atoms with van der Waals surface area (Å²) in [5.74, 6) is -1.92. The van der Waals surface area contributed by atoms with Gasteiger partial charge in [0.1, 0.15) is 11.4 Å². The number of hydrogen-bond donors (Lipinski definition) is 2. The van der Waals surface area contributed by atoms with Crippen molar-refractivity contribution in [1.29, 1.82) is 0 Å². The predicted octanol–water partition coefficient (Wildman–Crippen LogP) is 4.54. The van der Waals surface area contributed by atoms with Crippen LogP contribution < -0.4 is 5.32 Å². The molecule has 3 nitrogen and oxygen atoms in total. The fourth-order valence-corrected chi connectivity index (χ4v) is 4.03. The van der Waals surface area contributed by atoms with Crippen molar-refractivity contribution in [2.24, 2.45) is 10.8 Å². The van der Waals surface area contributed by atoms with E-state index in [2.05, 4.69) is 33.0 Å². The van der Waals surface area contributed by atoms with Crippen LogP contribution in [0.1, 0.15) is 57.3 Å². The van der Waals surface area contributed by atoms with E-state index in [0.717, 1.165) is 19.3 Å². The molecule has 1 aromatic rings. The van der Waals surface area contributed by atoms with E-state index in [9.17, 15) is 14.3 Å². The van der Waals surface area contributed by atoms with Crippen LogP contribution in [0.2, 0.25) is 0 Å². The number of aromatic carboxylic acids is 1. The number of carbonyl (C=O) groups is 1. The largest absolute Gasteiger partial charge is 0.478 e. The number of anilines is 1. The summed E-state index contributed by atoms with van der Waals surface area (Å²) in [6.07, 6.45) is 3.03. The Labute approximate surface area is 125 Å². The summed E-state index contributed by atoms with van der Waals surface area (Å²) in [5, 5.41) is 12.5. The van der Waals surface area contributed by atoms with Crippen LogP contribution in [0.4, 0.5) is 10.1 Å². The van der Waals surface area contributed by atoms with Crippen LogP contribution in [0.15, 0.2) is 18.2 Å². The van der Waals surface area contributed by atoms with Gasteiger partial charge in [0.25, 0.3) is 0 Å². The van der Waals surface area contributed by atoms with E-state index in [1.165, 1.54) is 6.07 Å². The monoisotopic (exact) mass is 293 g/mol. The molecule has 0 spiro atoms. The van der Waals surface area contributed by atoms with Gasteiger partial charge in [-0.15, -0.1) is 0 Å². The molecule has 4 heteroatoms. The van der Waals surface area contributed by atoms with E-state index in [4.69, 9.17) is 0 Å². The van der Waals surface area contributed by atoms with Crippen molar-refractivity contribution in [1.82, 2.24) is 0 Å². The van der Waals surface area contributed by atoms with Crippen molar-refractivity contribution >= 4 is 11.7 Å². The zero-order valence-electron chi connectivity index (χ0n) is 13.2. The molecule has 0 amide bonds. The second-order valence-electron chi connectivity index (χ2n) is 7.72. The Morgan fingerprint density at radius 2 is 1.81 bits per heavy atom. The Kier molecular flexibility index (Phi) is 4.00. The van der Waals surface area contributed by atoms with Gasteiger partial charge in [-0.2, -0.15) is 0 Å². The van der Waals surface area contributed by atoms with Crippen LogP contribution in [0, 0.1) is 16.6 Å². The second kappa shape index (κ2) is 5.32. The first-order valence-electron chi connectivity index (χ1n) is 7.38. The third kappa shape index (κ3) is 3.74. The molecule has 2 N–H and O–H groups in total. The molecule has 1 saturated carbocycles. The second-order valence-corrected chi connectivity index (χ2v) is 7.72. The molecule has 1 fully saturated rings. The average Bonchev–Trinajstić information content (AvgIpc) is 2.23. The molecule has 0 bridgehead atoms. The predicted molar refractivity (Wildman–Crippen MR) is 82.2 cm³/mol. The van der Waals surface area contributed by atoms with E-state index in [1.54, 1.807) is 12.1 Å². The fourth-order valence-electron chi connectivity index (χ4n) is 4.03. The molecule has 0 radical (unpaired) electrons. The van der Waals surface area contributed by atoms with E-state index >= 15 is 0 Å². The van der Waals surface area contributed by atoms with Gasteiger partial charge in [0, 0.05) is 6.04 Å². The van der Waals surface area contributed by atoms with Crippen LogP contribution in [-0.2, 0) is 0 Å². The van der Waals surface area contributed by atoms with Gasteiger partial charge >= 0.3 is 5.97 Å². The standard InChI is InChI=1S/C17H24FNO2/c1-16(2)8-11(9-17(3,4)10-16)19-13-7-5-6-12(18)14(13)15(20)21/h5-7,11,19H,8-10H2,1-4H3,(H,20,21). The van der Waals surface area contributed by atoms with Gasteiger partial charge in [-0.1, -0.05) is 33.8 Å². The molecule has 116 valence electrons. The third-order valence-corrected chi connectivity index (χ3v) is 4.14. The highest BCUT2D eigenvalue weighted by molar-refractivity contribution is 5.94. The number of benzene rings is 1. The average molecular weight is 293 g/mol. The Morgan fingerprint density at radius 1 is 1.24 bits per heavy atom. The quantitative estimate of drug-likeness (QED) is 0.860. The lowest BCUT2D eigenvalue weighted by atomic mass is 9.63. The highest BCUT2D eigenvalue weighted by Crippen LogP contribution is 2.46. The molecular weight excluding hydrogens is 269 g/mol. The Hall–Kier alpha value is -1.58. The van der Waals surface area contributed by atoms with Crippen LogP contribution >= 0.6 is 0 Å². The highest BCUT2D eigenvalue weighted by atomic mass is 19.1. The summed E-state index contributed by atoms with van der Waals surface area (Å²) in [4.78, 5) is 11.3. The third-order valence-electron chi connectivity index (χ3n) is 4.14. The summed E-state index contributed by atoms with van der Waals surface area (Å²) < 4.78 is 13.7. The molecule has 0 aliphatic heterocycles. The lowest BCUT2D eigenvalue weighted by molar-refractivity contribution is 0.0693. The highest BCUT2D eigenvalue weighted by Gasteiger charge is 2.38. The summed E-state index contributed by atoms with van der Waals surface area (Å²) in [7, 11) is 0. The molecule has 1 aliphatic rings. The zero-order valence-corrected chi connectivity index (χ0v) is 13.2. The van der Waals surface area contributed by atoms with Crippen molar-refractivity contribution in [2.45, 2.75) is 53.0 Å². The smallest absolute Gasteiger partial charge is 0.340 e. The fraction of sp³-hybridized carbons (Fsp3) is 0.588. The van der Waals surface area contributed by atoms with Gasteiger partial charge in [0.2, 0.25) is 0 Å². The van der Waals surface area contributed by atoms with Gasteiger partial charge < -0.3 is 10.4 Å². The Morgan fingerprint density at radius 3 is 2.33 bits per heavy atom. The maximum absolute atomic E-state index is 13.7. The van der Waals surface area contributed by atoms with E-state index in [0.29, 0.717) is 5.69 Å². The number of hydrogen-bond acceptors (Lipinski definition) is 2. The molecule has 1 aliphatic carbocycles. The summed E-state index contributed by atoms with van der Waals surface area (Å²) in [6.45, 7) is 8.91. The SMILES string of the molecule is CC1(C)CC(Nc2cccc(F)c2C(=O)O)CC(C)(C)C1. The molecule has 0 aromatic heterocycles. The minimum Gasteiger partial charge on any atom is -0.478 e. The topological polar surface area (TPSA) is 49.3 Å². The van der Waals surface area contributed by atoms with Crippen LogP contribution in [0.5, 0.6) is 0 Å². The molecule has 2 rings (SSSR count). The summed E-state index contributed by atoms with van der Waals surface area (Å²) in [6, 6.07) is 4.52. The van der Waals surface area contributed by atoms with Crippen LogP contribution in [-0.4, -0.2) is 17.1 Å². The molecule has 1 aromatic carbocycles. The Balaban J connectivity index is 2.26. The number of rotatable bonds is 3. The van der Waals surface area contributed by atoms with Crippen LogP contribution in [0.3, 0.4) is 0 Å². The first-order valence-corrected chi connectivity index (χ1v) is 7.38. The van der Waals surface area contributed by atoms with Gasteiger partial charge in [0.05, 0.1) is 5.69 Å². The number of carboxylic acids is 1. The summed E-state index contributed by atoms with van der Waals surface area (Å²) >= 11 is 0. The van der Waals surface area contributed by atoms with Gasteiger partial charge in [-0.25, -0.2) is 9.18 Å². The molecule has 0 saturated heterocycles. The summed E-state index contributed by atoms with van der Waals surface area (Å²) in [5.41, 5.74) is 0.492. The van der Waals surface area contributed by atoms with Gasteiger partial charge in [-0.3, -0.25) is 0 Å². The van der Waals surface area contributed by atoms with E-state index in [1.807, 2.05) is 0 Å². The lowest BCUT2D eigenvalue weighted by Gasteiger charge is -2.45. The van der Waals surface area contributed by atoms with Crippen molar-refractivity contribution in [3.05, 3.63) is 29.6 Å².